The molecule has 0 aliphatic carbocycles. The van der Waals surface area contributed by atoms with Gasteiger partial charge in [0.25, 0.3) is 11.5 Å². The van der Waals surface area contributed by atoms with Crippen LogP contribution in [-0.4, -0.2) is 30.1 Å². The molecule has 1 aromatic heterocycles. The molecule has 0 saturated carbocycles. The third-order valence-corrected chi connectivity index (χ3v) is 4.25. The number of ether oxygens (including phenoxy) is 2. The molecular weight excluding hydrogens is 360 g/mol. The molecule has 1 amide bonds. The molecule has 0 aliphatic rings. The van der Waals surface area contributed by atoms with Crippen LogP contribution in [0.25, 0.3) is 10.8 Å². The lowest BCUT2D eigenvalue weighted by atomic mass is 10.1. The van der Waals surface area contributed by atoms with Gasteiger partial charge in [0.15, 0.2) is 6.10 Å². The van der Waals surface area contributed by atoms with E-state index in [2.05, 4.69) is 10.3 Å². The summed E-state index contributed by atoms with van der Waals surface area (Å²) in [6, 6.07) is 15.7. The zero-order valence-electron chi connectivity index (χ0n) is 15.5. The van der Waals surface area contributed by atoms with E-state index in [1.54, 1.807) is 43.5 Å². The van der Waals surface area contributed by atoms with Gasteiger partial charge in [-0.2, -0.15) is 0 Å². The molecule has 3 rings (SSSR count). The monoisotopic (exact) mass is 380 g/mol. The van der Waals surface area contributed by atoms with Crippen LogP contribution in [-0.2, 0) is 16.1 Å². The number of benzene rings is 2. The van der Waals surface area contributed by atoms with Gasteiger partial charge in [0.1, 0.15) is 11.4 Å². The van der Waals surface area contributed by atoms with Gasteiger partial charge in [-0.25, -0.2) is 4.79 Å². The summed E-state index contributed by atoms with van der Waals surface area (Å²) in [5.41, 5.74) is 0.492. The van der Waals surface area contributed by atoms with Crippen molar-refractivity contribution < 1.29 is 19.1 Å². The van der Waals surface area contributed by atoms with Crippen LogP contribution in [0.5, 0.6) is 5.75 Å². The SMILES string of the molecule is COc1ccc(CNC(=O)[C@H](C)OC(=O)c2cc3ccccc3c(=O)[nH]2)cc1. The molecule has 0 fully saturated rings. The van der Waals surface area contributed by atoms with E-state index in [9.17, 15) is 14.4 Å². The summed E-state index contributed by atoms with van der Waals surface area (Å²) < 4.78 is 10.3. The first-order chi connectivity index (χ1) is 13.5. The van der Waals surface area contributed by atoms with Crippen LogP contribution in [0.3, 0.4) is 0 Å². The highest BCUT2D eigenvalue weighted by Crippen LogP contribution is 2.12. The van der Waals surface area contributed by atoms with Crippen molar-refractivity contribution in [2.45, 2.75) is 19.6 Å². The Labute approximate surface area is 161 Å². The van der Waals surface area contributed by atoms with Crippen molar-refractivity contribution in [3.8, 4) is 5.75 Å². The maximum Gasteiger partial charge on any atom is 0.355 e. The van der Waals surface area contributed by atoms with Crippen molar-refractivity contribution in [1.29, 1.82) is 0 Å². The fourth-order valence-corrected chi connectivity index (χ4v) is 2.67. The van der Waals surface area contributed by atoms with E-state index in [4.69, 9.17) is 9.47 Å². The normalized spacial score (nSPS) is 11.6. The minimum Gasteiger partial charge on any atom is -0.497 e. The first-order valence-corrected chi connectivity index (χ1v) is 8.71. The Balaban J connectivity index is 1.61. The van der Waals surface area contributed by atoms with Gasteiger partial charge >= 0.3 is 5.97 Å². The molecule has 0 unspecified atom stereocenters. The molecule has 0 saturated heterocycles. The molecule has 0 spiro atoms. The van der Waals surface area contributed by atoms with Crippen LogP contribution in [0.15, 0.2) is 59.4 Å². The van der Waals surface area contributed by atoms with E-state index in [-0.39, 0.29) is 17.8 Å². The highest BCUT2D eigenvalue weighted by atomic mass is 16.5. The summed E-state index contributed by atoms with van der Waals surface area (Å²) >= 11 is 0. The van der Waals surface area contributed by atoms with Gasteiger partial charge in [-0.1, -0.05) is 30.3 Å². The molecule has 28 heavy (non-hydrogen) atoms. The number of fused-ring (bicyclic) bond motifs is 1. The van der Waals surface area contributed by atoms with Gasteiger partial charge in [0.05, 0.1) is 7.11 Å². The van der Waals surface area contributed by atoms with Crippen molar-refractivity contribution >= 4 is 22.6 Å². The first-order valence-electron chi connectivity index (χ1n) is 8.71. The van der Waals surface area contributed by atoms with E-state index >= 15 is 0 Å². The van der Waals surface area contributed by atoms with Crippen LogP contribution in [0.4, 0.5) is 0 Å². The van der Waals surface area contributed by atoms with Gasteiger partial charge in [0, 0.05) is 11.9 Å². The fraction of sp³-hybridized carbons (Fsp3) is 0.190. The third kappa shape index (κ3) is 4.37. The van der Waals surface area contributed by atoms with Gasteiger partial charge < -0.3 is 19.8 Å². The third-order valence-electron chi connectivity index (χ3n) is 4.25. The maximum atomic E-state index is 12.3. The van der Waals surface area contributed by atoms with Crippen molar-refractivity contribution in [1.82, 2.24) is 10.3 Å². The molecule has 1 heterocycles. The number of H-pyrrole nitrogens is 1. The smallest absolute Gasteiger partial charge is 0.355 e. The summed E-state index contributed by atoms with van der Waals surface area (Å²) in [6.45, 7) is 1.76. The van der Waals surface area contributed by atoms with Gasteiger partial charge in [-0.3, -0.25) is 9.59 Å². The van der Waals surface area contributed by atoms with Crippen molar-refractivity contribution in [3.05, 3.63) is 76.2 Å². The van der Waals surface area contributed by atoms with Crippen LogP contribution in [0.1, 0.15) is 23.0 Å². The van der Waals surface area contributed by atoms with E-state index in [0.29, 0.717) is 10.8 Å². The number of nitrogens with one attached hydrogen (secondary N) is 2. The summed E-state index contributed by atoms with van der Waals surface area (Å²) in [7, 11) is 1.58. The molecule has 7 nitrogen and oxygen atoms in total. The number of hydrogen-bond acceptors (Lipinski definition) is 5. The molecular formula is C21H20N2O5. The Kier molecular flexibility index (Phi) is 5.74. The van der Waals surface area contributed by atoms with Crippen LogP contribution >= 0.6 is 0 Å². The molecule has 144 valence electrons. The van der Waals surface area contributed by atoms with E-state index in [1.807, 2.05) is 12.1 Å². The summed E-state index contributed by atoms with van der Waals surface area (Å²) in [4.78, 5) is 39.1. The summed E-state index contributed by atoms with van der Waals surface area (Å²) in [5.74, 6) is -0.482. The van der Waals surface area contributed by atoms with Gasteiger partial charge in [-0.05, 0) is 42.1 Å². The number of pyridine rings is 1. The largest absolute Gasteiger partial charge is 0.497 e. The summed E-state index contributed by atoms with van der Waals surface area (Å²) in [6.07, 6.45) is -1.01. The second-order valence-corrected chi connectivity index (χ2v) is 6.21. The topological polar surface area (TPSA) is 97.5 Å². The average Bonchev–Trinajstić information content (AvgIpc) is 2.72. The number of rotatable bonds is 6. The van der Waals surface area contributed by atoms with Crippen LogP contribution < -0.4 is 15.6 Å². The first kappa shape index (κ1) is 19.2. The molecule has 2 N–H and O–H groups in total. The lowest BCUT2D eigenvalue weighted by Gasteiger charge is -2.14. The standard InChI is InChI=1S/C21H20N2O5/c1-13(19(24)22-12-14-7-9-16(27-2)10-8-14)28-21(26)18-11-15-5-3-4-6-17(15)20(25)23-18/h3-11,13H,12H2,1-2H3,(H,22,24)(H,23,25)/t13-/m0/s1. The Hall–Kier alpha value is -3.61. The van der Waals surface area contributed by atoms with E-state index < -0.39 is 18.0 Å². The molecule has 2 aromatic carbocycles. The highest BCUT2D eigenvalue weighted by Gasteiger charge is 2.20. The molecule has 7 heteroatoms. The van der Waals surface area contributed by atoms with Crippen molar-refractivity contribution in [2.24, 2.45) is 0 Å². The number of carbonyl (C=O) groups is 2. The number of aromatic nitrogens is 1. The molecule has 0 aliphatic heterocycles. The minimum absolute atomic E-state index is 0.00138. The minimum atomic E-state index is -1.01. The van der Waals surface area contributed by atoms with E-state index in [1.165, 1.54) is 13.0 Å². The average molecular weight is 380 g/mol. The second-order valence-electron chi connectivity index (χ2n) is 6.21. The maximum absolute atomic E-state index is 12.3. The predicted molar refractivity (Wildman–Crippen MR) is 104 cm³/mol. The van der Waals surface area contributed by atoms with Gasteiger partial charge in [-0.15, -0.1) is 0 Å². The predicted octanol–water partition coefficient (Wildman–Crippen LogP) is 2.40. The number of carbonyl (C=O) groups excluding carboxylic acids is 2. The zero-order chi connectivity index (χ0) is 20.1. The lowest BCUT2D eigenvalue weighted by Crippen LogP contribution is -2.35. The van der Waals surface area contributed by atoms with Crippen LogP contribution in [0.2, 0.25) is 0 Å². The Bertz CT molecular complexity index is 1060. The van der Waals surface area contributed by atoms with E-state index in [0.717, 1.165) is 11.3 Å². The van der Waals surface area contributed by atoms with Gasteiger partial charge in [0.2, 0.25) is 0 Å². The highest BCUT2D eigenvalue weighted by molar-refractivity contribution is 5.94. The number of hydrogen-bond donors (Lipinski definition) is 2. The quantitative estimate of drug-likeness (QED) is 0.640. The lowest BCUT2D eigenvalue weighted by molar-refractivity contribution is -0.129. The zero-order valence-corrected chi connectivity index (χ0v) is 15.5. The van der Waals surface area contributed by atoms with Crippen molar-refractivity contribution in [2.75, 3.05) is 7.11 Å². The number of amides is 1. The number of aromatic amines is 1. The number of esters is 1. The fourth-order valence-electron chi connectivity index (χ4n) is 2.67. The molecule has 0 radical (unpaired) electrons. The number of methoxy groups -OCH3 is 1. The second kappa shape index (κ2) is 8.39. The molecule has 1 atom stereocenters. The summed E-state index contributed by atoms with van der Waals surface area (Å²) in [5, 5.41) is 3.80. The molecule has 3 aromatic rings. The Morgan fingerprint density at radius 2 is 1.82 bits per heavy atom. The Morgan fingerprint density at radius 3 is 2.54 bits per heavy atom. The molecule has 0 bridgehead atoms. The van der Waals surface area contributed by atoms with Crippen molar-refractivity contribution in [3.63, 3.8) is 0 Å². The van der Waals surface area contributed by atoms with Crippen LogP contribution in [0, 0.1) is 0 Å². The Morgan fingerprint density at radius 1 is 1.11 bits per heavy atom.